The fraction of sp³-hybridized carbons (Fsp3) is 0.667. The molecule has 2 rings (SSSR count). The number of hydrogen-bond acceptors (Lipinski definition) is 2. The van der Waals surface area contributed by atoms with Gasteiger partial charge >= 0.3 is 0 Å². The van der Waals surface area contributed by atoms with Crippen LogP contribution in [0, 0.1) is 5.82 Å². The Morgan fingerprint density at radius 2 is 2.14 bits per heavy atom. The second-order valence-electron chi connectivity index (χ2n) is 6.10. The molecule has 1 fully saturated rings. The number of halogens is 1. The van der Waals surface area contributed by atoms with E-state index in [0.717, 1.165) is 37.2 Å². The molecule has 1 saturated heterocycles. The van der Waals surface area contributed by atoms with Gasteiger partial charge < -0.3 is 10.2 Å². The Hall–Kier alpha value is -1.09. The number of benzene rings is 1. The van der Waals surface area contributed by atoms with Crippen molar-refractivity contribution in [2.24, 2.45) is 0 Å². The van der Waals surface area contributed by atoms with E-state index in [1.807, 2.05) is 6.07 Å². The number of rotatable bonds is 6. The molecule has 2 unspecified atom stereocenters. The summed E-state index contributed by atoms with van der Waals surface area (Å²) in [4.78, 5) is 2.44. The molecule has 0 amide bonds. The highest BCUT2D eigenvalue weighted by atomic mass is 19.1. The predicted octanol–water partition coefficient (Wildman–Crippen LogP) is 4.66. The van der Waals surface area contributed by atoms with Gasteiger partial charge in [0.1, 0.15) is 5.82 Å². The Morgan fingerprint density at radius 3 is 2.86 bits per heavy atom. The number of nitrogens with zero attached hydrogens (tertiary/aromatic N) is 1. The summed E-state index contributed by atoms with van der Waals surface area (Å²) in [5, 5.41) is 3.44. The van der Waals surface area contributed by atoms with Crippen molar-refractivity contribution in [2.45, 2.75) is 65.0 Å². The second kappa shape index (κ2) is 7.79. The molecule has 1 N–H and O–H groups in total. The van der Waals surface area contributed by atoms with Gasteiger partial charge in [-0.05, 0) is 57.7 Å². The van der Waals surface area contributed by atoms with Crippen molar-refractivity contribution < 1.29 is 4.39 Å². The Bertz CT molecular complexity index is 447. The average molecular weight is 292 g/mol. The van der Waals surface area contributed by atoms with E-state index in [2.05, 4.69) is 37.1 Å². The molecule has 3 heteroatoms. The average Bonchev–Trinajstić information content (AvgIpc) is 2.52. The molecular formula is C18H29FN2. The van der Waals surface area contributed by atoms with Gasteiger partial charge in [0.25, 0.3) is 0 Å². The molecule has 0 aliphatic carbocycles. The largest absolute Gasteiger partial charge is 0.368 e. The molecule has 0 saturated carbocycles. The van der Waals surface area contributed by atoms with Crippen LogP contribution in [-0.2, 0) is 0 Å². The fourth-order valence-electron chi connectivity index (χ4n) is 3.41. The third-order valence-electron chi connectivity index (χ3n) is 4.57. The van der Waals surface area contributed by atoms with Crippen LogP contribution in [0.25, 0.3) is 0 Å². The third kappa shape index (κ3) is 3.76. The molecule has 2 nitrogen and oxygen atoms in total. The molecule has 0 radical (unpaired) electrons. The van der Waals surface area contributed by atoms with Crippen molar-refractivity contribution in [2.75, 3.05) is 18.0 Å². The van der Waals surface area contributed by atoms with E-state index in [1.165, 1.54) is 19.3 Å². The lowest BCUT2D eigenvalue weighted by Crippen LogP contribution is -2.40. The zero-order chi connectivity index (χ0) is 15.2. The molecule has 1 aromatic carbocycles. The Balaban J connectivity index is 2.31. The first-order valence-corrected chi connectivity index (χ1v) is 8.47. The molecule has 118 valence electrons. The first-order chi connectivity index (χ1) is 10.2. The normalized spacial score (nSPS) is 20.6. The highest BCUT2D eigenvalue weighted by Crippen LogP contribution is 2.34. The summed E-state index contributed by atoms with van der Waals surface area (Å²) in [6, 6.07) is 6.14. The molecule has 21 heavy (non-hydrogen) atoms. The van der Waals surface area contributed by atoms with Crippen LogP contribution in [0.3, 0.4) is 0 Å². The number of nitrogens with one attached hydrogen (secondary N) is 1. The van der Waals surface area contributed by atoms with Crippen molar-refractivity contribution in [3.8, 4) is 0 Å². The summed E-state index contributed by atoms with van der Waals surface area (Å²) in [6.07, 6.45) is 5.93. The van der Waals surface area contributed by atoms with Gasteiger partial charge in [0.2, 0.25) is 0 Å². The van der Waals surface area contributed by atoms with E-state index in [9.17, 15) is 4.39 Å². The first-order valence-electron chi connectivity index (χ1n) is 8.47. The number of hydrogen-bond donors (Lipinski definition) is 1. The first kappa shape index (κ1) is 16.3. The second-order valence-corrected chi connectivity index (χ2v) is 6.10. The third-order valence-corrected chi connectivity index (χ3v) is 4.57. The maximum absolute atomic E-state index is 14.4. The molecule has 0 aromatic heterocycles. The van der Waals surface area contributed by atoms with E-state index >= 15 is 0 Å². The van der Waals surface area contributed by atoms with Crippen LogP contribution < -0.4 is 10.2 Å². The molecular weight excluding hydrogens is 263 g/mol. The van der Waals surface area contributed by atoms with Crippen LogP contribution in [0.2, 0.25) is 0 Å². The molecule has 2 atom stereocenters. The summed E-state index contributed by atoms with van der Waals surface area (Å²) in [5.74, 6) is -0.0796. The van der Waals surface area contributed by atoms with E-state index in [0.29, 0.717) is 6.04 Å². The fourth-order valence-corrected chi connectivity index (χ4v) is 3.41. The summed E-state index contributed by atoms with van der Waals surface area (Å²) in [7, 11) is 0. The highest BCUT2D eigenvalue weighted by Gasteiger charge is 2.25. The monoisotopic (exact) mass is 292 g/mol. The van der Waals surface area contributed by atoms with Crippen LogP contribution in [0.15, 0.2) is 18.2 Å². The van der Waals surface area contributed by atoms with Gasteiger partial charge in [-0.15, -0.1) is 0 Å². The lowest BCUT2D eigenvalue weighted by Gasteiger charge is -2.39. The molecule has 1 aliphatic rings. The Morgan fingerprint density at radius 1 is 1.33 bits per heavy atom. The molecule has 1 heterocycles. The van der Waals surface area contributed by atoms with E-state index < -0.39 is 0 Å². The molecule has 0 spiro atoms. The standard InChI is InChI=1S/C18H29FN2/c1-4-12-20-14(3)18-16(19)10-8-11-17(18)21-13-7-6-9-15(21)5-2/h8,10-11,14-15,20H,4-7,9,12-13H2,1-3H3. The van der Waals surface area contributed by atoms with Crippen molar-refractivity contribution >= 4 is 5.69 Å². The van der Waals surface area contributed by atoms with Crippen molar-refractivity contribution in [1.29, 1.82) is 0 Å². The van der Waals surface area contributed by atoms with Gasteiger partial charge in [0.15, 0.2) is 0 Å². The maximum Gasteiger partial charge on any atom is 0.130 e. The minimum atomic E-state index is -0.0796. The van der Waals surface area contributed by atoms with Gasteiger partial charge in [0.05, 0.1) is 0 Å². The minimum Gasteiger partial charge on any atom is -0.368 e. The summed E-state index contributed by atoms with van der Waals surface area (Å²) in [6.45, 7) is 8.42. The lowest BCUT2D eigenvalue weighted by atomic mass is 9.96. The zero-order valence-corrected chi connectivity index (χ0v) is 13.7. The Labute approximate surface area is 128 Å². The van der Waals surface area contributed by atoms with Gasteiger partial charge in [0, 0.05) is 29.9 Å². The minimum absolute atomic E-state index is 0.0561. The summed E-state index contributed by atoms with van der Waals surface area (Å²) in [5.41, 5.74) is 1.93. The smallest absolute Gasteiger partial charge is 0.130 e. The predicted molar refractivity (Wildman–Crippen MR) is 88.4 cm³/mol. The molecule has 0 bridgehead atoms. The topological polar surface area (TPSA) is 15.3 Å². The molecule has 1 aliphatic heterocycles. The summed E-state index contributed by atoms with van der Waals surface area (Å²) >= 11 is 0. The van der Waals surface area contributed by atoms with Crippen LogP contribution in [0.4, 0.5) is 10.1 Å². The summed E-state index contributed by atoms with van der Waals surface area (Å²) < 4.78 is 14.4. The number of anilines is 1. The van der Waals surface area contributed by atoms with Gasteiger partial charge in [-0.3, -0.25) is 0 Å². The van der Waals surface area contributed by atoms with Gasteiger partial charge in [-0.25, -0.2) is 4.39 Å². The number of piperidine rings is 1. The van der Waals surface area contributed by atoms with Crippen LogP contribution >= 0.6 is 0 Å². The maximum atomic E-state index is 14.4. The van der Waals surface area contributed by atoms with Crippen LogP contribution in [-0.4, -0.2) is 19.1 Å². The van der Waals surface area contributed by atoms with Crippen molar-refractivity contribution in [3.05, 3.63) is 29.6 Å². The Kier molecular flexibility index (Phi) is 6.04. The molecule has 1 aromatic rings. The SMILES string of the molecule is CCCNC(C)c1c(F)cccc1N1CCCCC1CC. The quantitative estimate of drug-likeness (QED) is 0.820. The van der Waals surface area contributed by atoms with Gasteiger partial charge in [-0.1, -0.05) is 19.9 Å². The van der Waals surface area contributed by atoms with Gasteiger partial charge in [-0.2, -0.15) is 0 Å². The van der Waals surface area contributed by atoms with Crippen molar-refractivity contribution in [1.82, 2.24) is 5.32 Å². The van der Waals surface area contributed by atoms with Crippen molar-refractivity contribution in [3.63, 3.8) is 0 Å². The highest BCUT2D eigenvalue weighted by molar-refractivity contribution is 5.56. The van der Waals surface area contributed by atoms with Crippen LogP contribution in [0.1, 0.15) is 64.5 Å². The van der Waals surface area contributed by atoms with E-state index in [4.69, 9.17) is 0 Å². The van der Waals surface area contributed by atoms with Crippen LogP contribution in [0.5, 0.6) is 0 Å². The van der Waals surface area contributed by atoms with E-state index in [1.54, 1.807) is 6.07 Å². The van der Waals surface area contributed by atoms with E-state index in [-0.39, 0.29) is 11.9 Å². The lowest BCUT2D eigenvalue weighted by molar-refractivity contribution is 0.444. The zero-order valence-electron chi connectivity index (χ0n) is 13.7.